The fourth-order valence-corrected chi connectivity index (χ4v) is 2.97. The molecule has 1 fully saturated rings. The summed E-state index contributed by atoms with van der Waals surface area (Å²) in [5, 5.41) is 0.944. The van der Waals surface area contributed by atoms with Crippen molar-refractivity contribution in [2.75, 3.05) is 19.5 Å². The molecule has 1 atom stereocenters. The van der Waals surface area contributed by atoms with E-state index < -0.39 is 0 Å². The van der Waals surface area contributed by atoms with Gasteiger partial charge in [-0.15, -0.1) is 11.8 Å². The van der Waals surface area contributed by atoms with Crippen LogP contribution in [0.2, 0.25) is 0 Å². The number of thioether (sulfide) groups is 1. The number of rotatable bonds is 3. The number of aliphatic imine (C=N–C) groups is 2. The van der Waals surface area contributed by atoms with Gasteiger partial charge >= 0.3 is 6.03 Å². The van der Waals surface area contributed by atoms with Crippen LogP contribution in [-0.4, -0.2) is 36.3 Å². The molecule has 0 saturated heterocycles. The molecule has 0 N–H and O–H groups in total. The van der Waals surface area contributed by atoms with Crippen LogP contribution in [0, 0.1) is 5.92 Å². The zero-order valence-corrected chi connectivity index (χ0v) is 9.55. The van der Waals surface area contributed by atoms with Crippen molar-refractivity contribution in [3.05, 3.63) is 0 Å². The van der Waals surface area contributed by atoms with Gasteiger partial charge in [0.1, 0.15) is 0 Å². The number of urea groups is 1. The predicted octanol–water partition coefficient (Wildman–Crippen LogP) is 2.14. The van der Waals surface area contributed by atoms with E-state index in [0.717, 1.165) is 35.8 Å². The average molecular weight is 226 g/mol. The van der Waals surface area contributed by atoms with Crippen LogP contribution in [0.15, 0.2) is 9.98 Å². The van der Waals surface area contributed by atoms with Gasteiger partial charge in [0.25, 0.3) is 0 Å². The van der Waals surface area contributed by atoms with Gasteiger partial charge in [0.05, 0.1) is 11.7 Å². The van der Waals surface area contributed by atoms with Crippen LogP contribution in [0.3, 0.4) is 0 Å². The molecule has 0 aromatic carbocycles. The summed E-state index contributed by atoms with van der Waals surface area (Å²) in [5.74, 6) is 1.18. The molecule has 2 rings (SSSR count). The minimum atomic E-state index is -0.330. The summed E-state index contributed by atoms with van der Waals surface area (Å²) in [6.45, 7) is 0.692. The Morgan fingerprint density at radius 2 is 2.40 bits per heavy atom. The smallest absolute Gasteiger partial charge is 0.367 e. The first kappa shape index (κ1) is 10.8. The Morgan fingerprint density at radius 1 is 1.53 bits per heavy atom. The van der Waals surface area contributed by atoms with Gasteiger partial charge < -0.3 is 4.74 Å². The fourth-order valence-electron chi connectivity index (χ4n) is 1.91. The Hall–Kier alpha value is -0.680. The number of amides is 2. The largest absolute Gasteiger partial charge is 0.384 e. The van der Waals surface area contributed by atoms with Crippen LogP contribution >= 0.6 is 11.8 Å². The Morgan fingerprint density at radius 3 is 3.20 bits per heavy atom. The highest BCUT2D eigenvalue weighted by molar-refractivity contribution is 8.14. The van der Waals surface area contributed by atoms with Crippen molar-refractivity contribution in [3.63, 3.8) is 0 Å². The Labute approximate surface area is 93.2 Å². The molecule has 15 heavy (non-hydrogen) atoms. The molecular formula is C10H14N2O2S. The summed E-state index contributed by atoms with van der Waals surface area (Å²) in [6.07, 6.45) is 3.17. The van der Waals surface area contributed by atoms with E-state index in [1.54, 1.807) is 18.9 Å². The second-order valence-corrected chi connectivity index (χ2v) is 4.74. The van der Waals surface area contributed by atoms with Crippen molar-refractivity contribution in [2.45, 2.75) is 19.3 Å². The molecule has 5 heteroatoms. The topological polar surface area (TPSA) is 51.0 Å². The maximum absolute atomic E-state index is 11.2. The van der Waals surface area contributed by atoms with E-state index in [9.17, 15) is 4.79 Å². The van der Waals surface area contributed by atoms with Crippen LogP contribution in [0.1, 0.15) is 19.3 Å². The molecule has 1 aliphatic heterocycles. The van der Waals surface area contributed by atoms with Crippen molar-refractivity contribution >= 4 is 28.5 Å². The second kappa shape index (κ2) is 4.90. The number of methoxy groups -OCH3 is 1. The van der Waals surface area contributed by atoms with E-state index in [1.165, 1.54) is 0 Å². The molecule has 1 saturated carbocycles. The maximum Gasteiger partial charge on any atom is 0.367 e. The zero-order valence-electron chi connectivity index (χ0n) is 8.73. The minimum Gasteiger partial charge on any atom is -0.384 e. The van der Waals surface area contributed by atoms with Crippen molar-refractivity contribution in [1.82, 2.24) is 0 Å². The molecule has 2 aliphatic rings. The number of carbonyl (C=O) groups excluding carboxylic acids is 1. The van der Waals surface area contributed by atoms with Crippen LogP contribution in [-0.2, 0) is 4.74 Å². The highest BCUT2D eigenvalue weighted by Crippen LogP contribution is 2.31. The van der Waals surface area contributed by atoms with Crippen molar-refractivity contribution in [1.29, 1.82) is 0 Å². The lowest BCUT2D eigenvalue weighted by Crippen LogP contribution is -2.23. The van der Waals surface area contributed by atoms with Gasteiger partial charge in [-0.2, -0.15) is 4.99 Å². The van der Waals surface area contributed by atoms with Crippen LogP contribution < -0.4 is 0 Å². The van der Waals surface area contributed by atoms with Crippen LogP contribution in [0.5, 0.6) is 0 Å². The van der Waals surface area contributed by atoms with E-state index >= 15 is 0 Å². The summed E-state index contributed by atoms with van der Waals surface area (Å²) in [5.41, 5.74) is 1.04. The molecule has 0 spiro atoms. The lowest BCUT2D eigenvalue weighted by Gasteiger charge is -2.16. The number of hydrogen-bond acceptors (Lipinski definition) is 3. The van der Waals surface area contributed by atoms with E-state index in [4.69, 9.17) is 4.74 Å². The predicted molar refractivity (Wildman–Crippen MR) is 61.9 cm³/mol. The third-order valence-electron chi connectivity index (χ3n) is 2.61. The van der Waals surface area contributed by atoms with Crippen molar-refractivity contribution in [2.24, 2.45) is 15.9 Å². The molecule has 2 amide bonds. The first-order valence-electron chi connectivity index (χ1n) is 5.13. The second-order valence-electron chi connectivity index (χ2n) is 3.62. The highest BCUT2D eigenvalue weighted by atomic mass is 32.2. The van der Waals surface area contributed by atoms with E-state index in [0.29, 0.717) is 12.5 Å². The molecule has 1 heterocycles. The quantitative estimate of drug-likeness (QED) is 0.693. The molecule has 82 valence electrons. The Kier molecular flexibility index (Phi) is 3.53. The molecule has 4 nitrogen and oxygen atoms in total. The van der Waals surface area contributed by atoms with Gasteiger partial charge in [0.15, 0.2) is 0 Å². The summed E-state index contributed by atoms with van der Waals surface area (Å²) in [7, 11) is 1.68. The number of carbonyl (C=O) groups is 1. The van der Waals surface area contributed by atoms with E-state index in [2.05, 4.69) is 9.98 Å². The lowest BCUT2D eigenvalue weighted by atomic mass is 10.1. The van der Waals surface area contributed by atoms with E-state index in [1.807, 2.05) is 0 Å². The number of ether oxygens (including phenoxy) is 1. The maximum atomic E-state index is 11.2. The van der Waals surface area contributed by atoms with E-state index in [-0.39, 0.29) is 6.03 Å². The average Bonchev–Trinajstić information content (AvgIpc) is 2.65. The Balaban J connectivity index is 2.00. The molecule has 0 radical (unpaired) electrons. The summed E-state index contributed by atoms with van der Waals surface area (Å²) in [4.78, 5) is 19.2. The summed E-state index contributed by atoms with van der Waals surface area (Å²) in [6, 6.07) is -0.330. The first-order chi connectivity index (χ1) is 7.31. The number of fused-ring (bicyclic) bond motifs is 1. The van der Waals surface area contributed by atoms with Gasteiger partial charge in [-0.25, -0.2) is 9.79 Å². The molecule has 1 aliphatic carbocycles. The van der Waals surface area contributed by atoms with Crippen LogP contribution in [0.4, 0.5) is 4.79 Å². The van der Waals surface area contributed by atoms with Gasteiger partial charge in [-0.05, 0) is 19.3 Å². The molecule has 1 unspecified atom stereocenters. The monoisotopic (exact) mass is 226 g/mol. The van der Waals surface area contributed by atoms with Gasteiger partial charge in [-0.1, -0.05) is 0 Å². The Bertz CT molecular complexity index is 325. The number of nitrogens with zero attached hydrogens (tertiary/aromatic N) is 2. The van der Waals surface area contributed by atoms with Gasteiger partial charge in [0.2, 0.25) is 0 Å². The summed E-state index contributed by atoms with van der Waals surface area (Å²) >= 11 is 1.63. The van der Waals surface area contributed by atoms with Crippen LogP contribution in [0.25, 0.3) is 0 Å². The lowest BCUT2D eigenvalue weighted by molar-refractivity contribution is 0.219. The summed E-state index contributed by atoms with van der Waals surface area (Å²) < 4.78 is 4.98. The first-order valence-corrected chi connectivity index (χ1v) is 6.11. The molecular weight excluding hydrogens is 212 g/mol. The molecule has 0 aromatic rings. The standard InChI is InChI=1S/C10H14N2O2S/c1-14-5-6-15-9-7-3-2-4-8(7)11-10(13)12-9/h7H,2-6H2,1H3. The van der Waals surface area contributed by atoms with Crippen molar-refractivity contribution < 1.29 is 9.53 Å². The third kappa shape index (κ3) is 2.46. The molecule has 0 bridgehead atoms. The zero-order chi connectivity index (χ0) is 10.7. The fraction of sp³-hybridized carbons (Fsp3) is 0.700. The minimum absolute atomic E-state index is 0.324. The highest BCUT2D eigenvalue weighted by Gasteiger charge is 2.31. The SMILES string of the molecule is COCCSC1=NC(=O)N=C2CCCC21. The number of hydrogen-bond donors (Lipinski definition) is 0. The normalized spacial score (nSPS) is 24.9. The van der Waals surface area contributed by atoms with Gasteiger partial charge in [0, 0.05) is 24.5 Å². The molecule has 0 aromatic heterocycles. The van der Waals surface area contributed by atoms with Crippen molar-refractivity contribution in [3.8, 4) is 0 Å². The van der Waals surface area contributed by atoms with Gasteiger partial charge in [-0.3, -0.25) is 0 Å². The third-order valence-corrected chi connectivity index (χ3v) is 3.65.